The lowest BCUT2D eigenvalue weighted by atomic mass is 10.1. The minimum absolute atomic E-state index is 0.343. The molecule has 21 heavy (non-hydrogen) atoms. The molecule has 0 fully saturated rings. The topological polar surface area (TPSA) is 53.7 Å². The average molecular weight is 291 g/mol. The Labute approximate surface area is 127 Å². The van der Waals surface area contributed by atoms with Gasteiger partial charge in [-0.3, -0.25) is 0 Å². The Bertz CT molecular complexity index is 475. The molecule has 0 atom stereocenters. The summed E-state index contributed by atoms with van der Waals surface area (Å²) < 4.78 is 16.4. The van der Waals surface area contributed by atoms with Crippen LogP contribution < -0.4 is 10.5 Å². The van der Waals surface area contributed by atoms with Crippen LogP contribution in [0.4, 0.5) is 0 Å². The monoisotopic (exact) mass is 291 g/mol. The van der Waals surface area contributed by atoms with Crippen LogP contribution in [0.1, 0.15) is 25.0 Å². The molecule has 0 saturated heterocycles. The molecule has 2 N–H and O–H groups in total. The summed E-state index contributed by atoms with van der Waals surface area (Å²) in [4.78, 5) is 0. The molecular weight excluding hydrogens is 266 g/mol. The van der Waals surface area contributed by atoms with E-state index in [9.17, 15) is 0 Å². The van der Waals surface area contributed by atoms with E-state index in [-0.39, 0.29) is 0 Å². The van der Waals surface area contributed by atoms with E-state index in [2.05, 4.69) is 25.7 Å². The first-order chi connectivity index (χ1) is 10.2. The molecule has 1 rings (SSSR count). The SMILES string of the molecule is COc1ccc(C#CCN)c(COCCOCC(C)C)c1. The van der Waals surface area contributed by atoms with Gasteiger partial charge in [-0.25, -0.2) is 0 Å². The van der Waals surface area contributed by atoms with Crippen LogP contribution in [0.25, 0.3) is 0 Å². The quantitative estimate of drug-likeness (QED) is 0.589. The van der Waals surface area contributed by atoms with Crippen molar-refractivity contribution in [1.82, 2.24) is 0 Å². The molecule has 0 heterocycles. The van der Waals surface area contributed by atoms with E-state index in [1.165, 1.54) is 0 Å². The third-order valence-electron chi connectivity index (χ3n) is 2.72. The molecular formula is C17H25NO3. The Morgan fingerprint density at radius 1 is 1.19 bits per heavy atom. The molecule has 0 spiro atoms. The maximum Gasteiger partial charge on any atom is 0.119 e. The van der Waals surface area contributed by atoms with E-state index in [1.807, 2.05) is 18.2 Å². The van der Waals surface area contributed by atoms with Gasteiger partial charge in [-0.2, -0.15) is 0 Å². The predicted octanol–water partition coefficient (Wildman–Crippen LogP) is 2.19. The van der Waals surface area contributed by atoms with E-state index in [0.29, 0.717) is 32.3 Å². The summed E-state index contributed by atoms with van der Waals surface area (Å²) in [6.07, 6.45) is 0. The molecule has 0 aliphatic rings. The molecule has 0 aliphatic carbocycles. The molecule has 4 heteroatoms. The minimum atomic E-state index is 0.343. The summed E-state index contributed by atoms with van der Waals surface area (Å²) in [6, 6.07) is 5.75. The first-order valence-electron chi connectivity index (χ1n) is 7.18. The van der Waals surface area contributed by atoms with Crippen molar-refractivity contribution < 1.29 is 14.2 Å². The molecule has 0 aromatic heterocycles. The Morgan fingerprint density at radius 2 is 1.95 bits per heavy atom. The van der Waals surface area contributed by atoms with Gasteiger partial charge in [0.15, 0.2) is 0 Å². The lowest BCUT2D eigenvalue weighted by Crippen LogP contribution is -2.09. The van der Waals surface area contributed by atoms with Gasteiger partial charge in [0, 0.05) is 12.2 Å². The predicted molar refractivity (Wildman–Crippen MR) is 84.2 cm³/mol. The van der Waals surface area contributed by atoms with Crippen molar-refractivity contribution in [3.63, 3.8) is 0 Å². The van der Waals surface area contributed by atoms with Crippen molar-refractivity contribution in [2.24, 2.45) is 11.7 Å². The number of rotatable bonds is 8. The number of methoxy groups -OCH3 is 1. The van der Waals surface area contributed by atoms with E-state index in [4.69, 9.17) is 19.9 Å². The van der Waals surface area contributed by atoms with Gasteiger partial charge in [-0.15, -0.1) is 0 Å². The Morgan fingerprint density at radius 3 is 2.62 bits per heavy atom. The van der Waals surface area contributed by atoms with Crippen LogP contribution >= 0.6 is 0 Å². The highest BCUT2D eigenvalue weighted by atomic mass is 16.5. The third-order valence-corrected chi connectivity index (χ3v) is 2.72. The molecule has 0 radical (unpaired) electrons. The van der Waals surface area contributed by atoms with Crippen LogP contribution in [0.2, 0.25) is 0 Å². The van der Waals surface area contributed by atoms with Crippen LogP contribution in [0.3, 0.4) is 0 Å². The number of nitrogens with two attached hydrogens (primary N) is 1. The maximum absolute atomic E-state index is 5.64. The van der Waals surface area contributed by atoms with E-state index < -0.39 is 0 Å². The smallest absolute Gasteiger partial charge is 0.119 e. The molecule has 0 saturated carbocycles. The van der Waals surface area contributed by atoms with E-state index in [0.717, 1.165) is 23.5 Å². The number of ether oxygens (including phenoxy) is 3. The second-order valence-electron chi connectivity index (χ2n) is 5.05. The first-order valence-corrected chi connectivity index (χ1v) is 7.18. The fourth-order valence-electron chi connectivity index (χ4n) is 1.70. The van der Waals surface area contributed by atoms with Gasteiger partial charge in [-0.05, 0) is 29.7 Å². The number of benzene rings is 1. The number of hydrogen-bond donors (Lipinski definition) is 1. The third kappa shape index (κ3) is 7.14. The second-order valence-corrected chi connectivity index (χ2v) is 5.05. The van der Waals surface area contributed by atoms with Gasteiger partial charge >= 0.3 is 0 Å². The lowest BCUT2D eigenvalue weighted by Gasteiger charge is -2.10. The normalized spacial score (nSPS) is 10.3. The van der Waals surface area contributed by atoms with Crippen molar-refractivity contribution >= 4 is 0 Å². The fraction of sp³-hybridized carbons (Fsp3) is 0.529. The molecule has 1 aromatic carbocycles. The van der Waals surface area contributed by atoms with Gasteiger partial charge in [0.05, 0.1) is 33.5 Å². The molecule has 0 aliphatic heterocycles. The second kappa shape index (κ2) is 10.2. The van der Waals surface area contributed by atoms with Crippen molar-refractivity contribution in [3.05, 3.63) is 29.3 Å². The van der Waals surface area contributed by atoms with Crippen molar-refractivity contribution in [2.75, 3.05) is 33.5 Å². The van der Waals surface area contributed by atoms with Crippen molar-refractivity contribution in [3.8, 4) is 17.6 Å². The largest absolute Gasteiger partial charge is 0.497 e. The summed E-state index contributed by atoms with van der Waals surface area (Å²) in [5.41, 5.74) is 7.34. The van der Waals surface area contributed by atoms with Crippen LogP contribution in [-0.4, -0.2) is 33.5 Å². The first kappa shape index (κ1) is 17.5. The summed E-state index contributed by atoms with van der Waals surface area (Å²) in [6.45, 7) is 7.00. The summed E-state index contributed by atoms with van der Waals surface area (Å²) in [7, 11) is 1.64. The standard InChI is InChI=1S/C17H25NO3/c1-14(2)12-20-9-10-21-13-16-11-17(19-3)7-6-15(16)5-4-8-18/h6-7,11,14H,8-10,12-13,18H2,1-3H3. The molecule has 0 bridgehead atoms. The Kier molecular flexibility index (Phi) is 8.53. The zero-order chi connectivity index (χ0) is 15.5. The van der Waals surface area contributed by atoms with Crippen LogP contribution in [0, 0.1) is 17.8 Å². The summed E-state index contributed by atoms with van der Waals surface area (Å²) >= 11 is 0. The number of hydrogen-bond acceptors (Lipinski definition) is 4. The van der Waals surface area contributed by atoms with E-state index >= 15 is 0 Å². The van der Waals surface area contributed by atoms with Gasteiger partial charge in [0.1, 0.15) is 5.75 Å². The van der Waals surface area contributed by atoms with Crippen LogP contribution in [-0.2, 0) is 16.1 Å². The van der Waals surface area contributed by atoms with Crippen LogP contribution in [0.5, 0.6) is 5.75 Å². The molecule has 0 unspecified atom stereocenters. The fourth-order valence-corrected chi connectivity index (χ4v) is 1.70. The average Bonchev–Trinajstić information content (AvgIpc) is 2.48. The minimum Gasteiger partial charge on any atom is -0.497 e. The summed E-state index contributed by atoms with van der Waals surface area (Å²) in [5, 5.41) is 0. The molecule has 116 valence electrons. The zero-order valence-corrected chi connectivity index (χ0v) is 13.1. The molecule has 0 amide bonds. The van der Waals surface area contributed by atoms with Gasteiger partial charge in [-0.1, -0.05) is 25.7 Å². The Balaban J connectivity index is 2.51. The molecule has 1 aromatic rings. The van der Waals surface area contributed by atoms with Gasteiger partial charge in [0.2, 0.25) is 0 Å². The summed E-state index contributed by atoms with van der Waals surface area (Å²) in [5.74, 6) is 7.25. The van der Waals surface area contributed by atoms with E-state index in [1.54, 1.807) is 7.11 Å². The van der Waals surface area contributed by atoms with Gasteiger partial charge < -0.3 is 19.9 Å². The van der Waals surface area contributed by atoms with Crippen molar-refractivity contribution in [1.29, 1.82) is 0 Å². The molecule has 4 nitrogen and oxygen atoms in total. The van der Waals surface area contributed by atoms with Crippen molar-refractivity contribution in [2.45, 2.75) is 20.5 Å². The Hall–Kier alpha value is -1.54. The maximum atomic E-state index is 5.64. The highest BCUT2D eigenvalue weighted by molar-refractivity contribution is 5.45. The van der Waals surface area contributed by atoms with Gasteiger partial charge in [0.25, 0.3) is 0 Å². The zero-order valence-electron chi connectivity index (χ0n) is 13.1. The lowest BCUT2D eigenvalue weighted by molar-refractivity contribution is 0.0313. The highest BCUT2D eigenvalue weighted by Crippen LogP contribution is 2.18. The van der Waals surface area contributed by atoms with Crippen LogP contribution in [0.15, 0.2) is 18.2 Å². The highest BCUT2D eigenvalue weighted by Gasteiger charge is 2.03.